The van der Waals surface area contributed by atoms with E-state index in [1.807, 2.05) is 0 Å². The molecule has 0 N–H and O–H groups in total. The average molecular weight is 161 g/mol. The van der Waals surface area contributed by atoms with Gasteiger partial charge in [-0.1, -0.05) is 18.2 Å². The Balaban J connectivity index is 0.000000500. The molecule has 1 aliphatic carbocycles. The number of epoxide rings is 1. The van der Waals surface area contributed by atoms with Crippen molar-refractivity contribution in [2.45, 2.75) is 25.6 Å². The molecule has 49 valence electrons. The van der Waals surface area contributed by atoms with E-state index in [4.69, 9.17) is 4.74 Å². The van der Waals surface area contributed by atoms with Crippen LogP contribution in [-0.4, -0.2) is 63.1 Å². The number of allylic oxidation sites excluding steroid dienone is 2. The summed E-state index contributed by atoms with van der Waals surface area (Å²) in [6.45, 7) is 4.23. The van der Waals surface area contributed by atoms with Crippen LogP contribution in [0.25, 0.3) is 0 Å². The maximum Gasteiger partial charge on any atom is 0.115 e. The van der Waals surface area contributed by atoms with E-state index < -0.39 is 0 Å². The van der Waals surface area contributed by atoms with Gasteiger partial charge in [-0.3, -0.25) is 0 Å². The Labute approximate surface area is 104 Å². The second-order valence-corrected chi connectivity index (χ2v) is 2.95. The maximum atomic E-state index is 5.42. The van der Waals surface area contributed by atoms with Gasteiger partial charge in [0.15, 0.2) is 0 Å². The third-order valence-corrected chi connectivity index (χ3v) is 2.03. The molecule has 0 spiro atoms. The molecule has 1 nitrogen and oxygen atoms in total. The summed E-state index contributed by atoms with van der Waals surface area (Å²) in [5.41, 5.74) is 1.42. The van der Waals surface area contributed by atoms with Crippen molar-refractivity contribution in [2.24, 2.45) is 0 Å². The van der Waals surface area contributed by atoms with E-state index >= 15 is 0 Å². The van der Waals surface area contributed by atoms with E-state index in [1.54, 1.807) is 0 Å². The number of hydrogen-bond acceptors (Lipinski definition) is 1. The van der Waals surface area contributed by atoms with Crippen LogP contribution in [0.1, 0.15) is 13.8 Å². The smallest absolute Gasteiger partial charge is 0.115 e. The molecule has 0 saturated carbocycles. The Bertz CT molecular complexity index is 207. The Kier molecular flexibility index (Phi) is 2.61. The fraction of sp³-hybridized carbons (Fsp3) is 0.500. The summed E-state index contributed by atoms with van der Waals surface area (Å²) in [5, 5.41) is 0. The summed E-state index contributed by atoms with van der Waals surface area (Å²) >= 11 is 0. The molecule has 2 aliphatic rings. The molecule has 0 amide bonds. The van der Waals surface area contributed by atoms with Crippen LogP contribution in [0, 0.1) is 0 Å². The van der Waals surface area contributed by atoms with Crippen LogP contribution in [0.5, 0.6) is 0 Å². The maximum absolute atomic E-state index is 5.42. The SMILES string of the molecule is CC1=CC=CC2(C)OC12.[K]. The van der Waals surface area contributed by atoms with E-state index in [0.29, 0.717) is 6.10 Å². The summed E-state index contributed by atoms with van der Waals surface area (Å²) in [6.07, 6.45) is 6.69. The van der Waals surface area contributed by atoms with Gasteiger partial charge in [-0.15, -0.1) is 0 Å². The van der Waals surface area contributed by atoms with Gasteiger partial charge in [-0.25, -0.2) is 0 Å². The molecule has 0 bridgehead atoms. The van der Waals surface area contributed by atoms with Gasteiger partial charge in [0, 0.05) is 51.4 Å². The van der Waals surface area contributed by atoms with Gasteiger partial charge in [-0.2, -0.15) is 0 Å². The minimum absolute atomic E-state index is 0. The Morgan fingerprint density at radius 1 is 1.60 bits per heavy atom. The van der Waals surface area contributed by atoms with Crippen molar-refractivity contribution in [3.05, 3.63) is 23.8 Å². The zero-order valence-corrected chi connectivity index (χ0v) is 9.84. The zero-order valence-electron chi connectivity index (χ0n) is 6.72. The fourth-order valence-electron chi connectivity index (χ4n) is 1.37. The zero-order chi connectivity index (χ0) is 6.48. The third kappa shape index (κ3) is 1.33. The Morgan fingerprint density at radius 3 is 2.80 bits per heavy atom. The number of fused-ring (bicyclic) bond motifs is 1. The van der Waals surface area contributed by atoms with Gasteiger partial charge < -0.3 is 4.74 Å². The summed E-state index contributed by atoms with van der Waals surface area (Å²) in [6, 6.07) is 0. The van der Waals surface area contributed by atoms with Gasteiger partial charge in [0.25, 0.3) is 0 Å². The van der Waals surface area contributed by atoms with Gasteiger partial charge >= 0.3 is 0 Å². The molecule has 1 radical (unpaired) electrons. The monoisotopic (exact) mass is 161 g/mol. The van der Waals surface area contributed by atoms with Crippen LogP contribution in [0.15, 0.2) is 23.8 Å². The first-order valence-electron chi connectivity index (χ1n) is 3.26. The molecule has 2 rings (SSSR count). The molecular weight excluding hydrogens is 151 g/mol. The quantitative estimate of drug-likeness (QED) is 0.385. The molecule has 0 aromatic carbocycles. The van der Waals surface area contributed by atoms with Gasteiger partial charge in [0.05, 0.1) is 0 Å². The van der Waals surface area contributed by atoms with Gasteiger partial charge in [0.2, 0.25) is 0 Å². The topological polar surface area (TPSA) is 12.5 Å². The van der Waals surface area contributed by atoms with Crippen molar-refractivity contribution in [2.75, 3.05) is 0 Å². The van der Waals surface area contributed by atoms with E-state index in [-0.39, 0.29) is 57.0 Å². The predicted octanol–water partition coefficient (Wildman–Crippen LogP) is 1.28. The minimum Gasteiger partial charge on any atom is -0.357 e. The molecule has 0 aromatic rings. The molecule has 2 atom stereocenters. The average Bonchev–Trinajstić information content (AvgIpc) is 2.43. The summed E-state index contributed by atoms with van der Waals surface area (Å²) < 4.78 is 5.42. The molecule has 2 heteroatoms. The molecule has 2 unspecified atom stereocenters. The molecule has 10 heavy (non-hydrogen) atoms. The number of rotatable bonds is 0. The normalized spacial score (nSPS) is 41.4. The third-order valence-electron chi connectivity index (χ3n) is 2.03. The second kappa shape index (κ2) is 2.85. The standard InChI is InChI=1S/C8H10O.K/c1-6-4-3-5-8(2)7(6)9-8;/h3-5,7H,1-2H3;. The molecule has 1 aliphatic heterocycles. The molecule has 1 heterocycles. The van der Waals surface area contributed by atoms with Crippen molar-refractivity contribution in [3.63, 3.8) is 0 Å². The van der Waals surface area contributed by atoms with Crippen LogP contribution in [0.2, 0.25) is 0 Å². The first-order chi connectivity index (χ1) is 4.22. The summed E-state index contributed by atoms with van der Waals surface area (Å²) in [4.78, 5) is 0. The summed E-state index contributed by atoms with van der Waals surface area (Å²) in [7, 11) is 0. The van der Waals surface area contributed by atoms with Crippen LogP contribution in [0.4, 0.5) is 0 Å². The fourth-order valence-corrected chi connectivity index (χ4v) is 1.37. The molecule has 1 fully saturated rings. The van der Waals surface area contributed by atoms with Crippen LogP contribution >= 0.6 is 0 Å². The largest absolute Gasteiger partial charge is 0.357 e. The molecule has 1 saturated heterocycles. The van der Waals surface area contributed by atoms with E-state index in [2.05, 4.69) is 32.1 Å². The van der Waals surface area contributed by atoms with Gasteiger partial charge in [0.1, 0.15) is 11.7 Å². The van der Waals surface area contributed by atoms with Crippen molar-refractivity contribution in [1.29, 1.82) is 0 Å². The number of ether oxygens (including phenoxy) is 1. The van der Waals surface area contributed by atoms with E-state index in [0.717, 1.165) is 0 Å². The van der Waals surface area contributed by atoms with Crippen LogP contribution in [0.3, 0.4) is 0 Å². The predicted molar refractivity (Wildman–Crippen MR) is 41.9 cm³/mol. The van der Waals surface area contributed by atoms with E-state index in [9.17, 15) is 0 Å². The Morgan fingerprint density at radius 2 is 2.30 bits per heavy atom. The van der Waals surface area contributed by atoms with Crippen molar-refractivity contribution in [1.82, 2.24) is 0 Å². The van der Waals surface area contributed by atoms with E-state index in [1.165, 1.54) is 5.57 Å². The van der Waals surface area contributed by atoms with Gasteiger partial charge in [-0.05, 0) is 19.4 Å². The van der Waals surface area contributed by atoms with Crippen molar-refractivity contribution in [3.8, 4) is 0 Å². The molecule has 0 aromatic heterocycles. The number of hydrogen-bond donors (Lipinski definition) is 0. The Hall–Kier alpha value is 1.08. The molecular formula is C8H10KO. The summed E-state index contributed by atoms with van der Waals surface area (Å²) in [5.74, 6) is 0. The second-order valence-electron chi connectivity index (χ2n) is 2.95. The van der Waals surface area contributed by atoms with Crippen LogP contribution < -0.4 is 0 Å². The minimum atomic E-state index is 0. The van der Waals surface area contributed by atoms with Crippen molar-refractivity contribution >= 4 is 51.4 Å². The first-order valence-corrected chi connectivity index (χ1v) is 3.26. The first kappa shape index (κ1) is 9.17. The van der Waals surface area contributed by atoms with Crippen molar-refractivity contribution < 1.29 is 4.74 Å². The van der Waals surface area contributed by atoms with Crippen LogP contribution in [-0.2, 0) is 4.74 Å².